The van der Waals surface area contributed by atoms with Gasteiger partial charge in [0.15, 0.2) is 0 Å². The number of rotatable bonds is 0. The highest BCUT2D eigenvalue weighted by Crippen LogP contribution is 2.35. The fourth-order valence-electron chi connectivity index (χ4n) is 2.84. The third-order valence-corrected chi connectivity index (χ3v) is 5.44. The number of aliphatic hydroxyl groups excluding tert-OH is 1. The Labute approximate surface area is 155 Å². The van der Waals surface area contributed by atoms with Crippen LogP contribution in [0.1, 0.15) is 48.6 Å². The molecule has 1 nitrogen and oxygen atoms in total. The summed E-state index contributed by atoms with van der Waals surface area (Å²) in [5, 5.41) is 9.48. The maximum atomic E-state index is 9.48. The van der Waals surface area contributed by atoms with E-state index in [1.54, 1.807) is 0 Å². The van der Waals surface area contributed by atoms with Crippen molar-refractivity contribution in [3.05, 3.63) is 73.7 Å². The van der Waals surface area contributed by atoms with E-state index in [-0.39, 0.29) is 6.10 Å². The van der Waals surface area contributed by atoms with Gasteiger partial charge in [0.05, 0.1) is 6.10 Å². The standard InChI is InChI=1S/C9H9BrO.C9H7Br.C2H6/c10-8-3-1-2-7-6(8)4-5-9(7)11;10-9-6-2-4-7-3-1-5-8(7)9;1-2/h1-3,9,11H,4-5H2;1-4,6H,5H2;1-2H3. The predicted octanol–water partition coefficient (Wildman–Crippen LogP) is 6.47. The molecule has 4 rings (SSSR count). The topological polar surface area (TPSA) is 20.2 Å². The summed E-state index contributed by atoms with van der Waals surface area (Å²) in [6.07, 6.45) is 7.07. The number of hydrogen-bond donors (Lipinski definition) is 1. The van der Waals surface area contributed by atoms with Crippen LogP contribution in [0.5, 0.6) is 0 Å². The molecule has 0 spiro atoms. The molecular weight excluding hydrogens is 416 g/mol. The lowest BCUT2D eigenvalue weighted by molar-refractivity contribution is 0.180. The molecule has 3 heteroatoms. The van der Waals surface area contributed by atoms with E-state index in [0.717, 1.165) is 29.3 Å². The van der Waals surface area contributed by atoms with E-state index < -0.39 is 0 Å². The molecule has 2 aliphatic rings. The van der Waals surface area contributed by atoms with Crippen molar-refractivity contribution in [1.82, 2.24) is 0 Å². The zero-order valence-corrected chi connectivity index (χ0v) is 16.7. The molecule has 0 radical (unpaired) electrons. The minimum Gasteiger partial charge on any atom is -0.388 e. The minimum absolute atomic E-state index is 0.234. The van der Waals surface area contributed by atoms with Gasteiger partial charge in [0.1, 0.15) is 0 Å². The molecule has 122 valence electrons. The van der Waals surface area contributed by atoms with Crippen molar-refractivity contribution in [2.24, 2.45) is 0 Å². The Morgan fingerprint density at radius 1 is 0.957 bits per heavy atom. The molecule has 1 unspecified atom stereocenters. The fourth-order valence-corrected chi connectivity index (χ4v) is 3.96. The van der Waals surface area contributed by atoms with Crippen molar-refractivity contribution in [1.29, 1.82) is 0 Å². The van der Waals surface area contributed by atoms with Crippen molar-refractivity contribution in [2.75, 3.05) is 0 Å². The first-order chi connectivity index (χ1) is 11.2. The first-order valence-corrected chi connectivity index (χ1v) is 9.64. The third kappa shape index (κ3) is 4.34. The molecule has 0 heterocycles. The smallest absolute Gasteiger partial charge is 0.0796 e. The van der Waals surface area contributed by atoms with E-state index in [1.165, 1.54) is 21.2 Å². The molecule has 2 aromatic rings. The summed E-state index contributed by atoms with van der Waals surface area (Å²) in [5.41, 5.74) is 5.15. The third-order valence-electron chi connectivity index (χ3n) is 3.96. The summed E-state index contributed by atoms with van der Waals surface area (Å²) in [4.78, 5) is 0. The van der Waals surface area contributed by atoms with Gasteiger partial charge in [-0.1, -0.05) is 82.1 Å². The van der Waals surface area contributed by atoms with Crippen molar-refractivity contribution in [3.8, 4) is 0 Å². The first kappa shape index (κ1) is 18.4. The van der Waals surface area contributed by atoms with E-state index in [0.29, 0.717) is 0 Å². The van der Waals surface area contributed by atoms with E-state index >= 15 is 0 Å². The molecule has 0 aromatic heterocycles. The van der Waals surface area contributed by atoms with Gasteiger partial charge in [-0.05, 0) is 53.6 Å². The molecule has 0 saturated carbocycles. The molecule has 2 aliphatic carbocycles. The maximum absolute atomic E-state index is 9.48. The van der Waals surface area contributed by atoms with E-state index in [9.17, 15) is 5.11 Å². The molecule has 1 atom stereocenters. The van der Waals surface area contributed by atoms with Gasteiger partial charge in [0.25, 0.3) is 0 Å². The summed E-state index contributed by atoms with van der Waals surface area (Å²) in [6.45, 7) is 4.00. The summed E-state index contributed by atoms with van der Waals surface area (Å²) < 4.78 is 2.36. The van der Waals surface area contributed by atoms with Gasteiger partial charge in [-0.25, -0.2) is 0 Å². The van der Waals surface area contributed by atoms with Crippen molar-refractivity contribution >= 4 is 37.9 Å². The summed E-state index contributed by atoms with van der Waals surface area (Å²) >= 11 is 6.97. The summed E-state index contributed by atoms with van der Waals surface area (Å²) in [7, 11) is 0. The number of benzene rings is 2. The zero-order valence-electron chi connectivity index (χ0n) is 13.5. The molecular formula is C20H22Br2O. The van der Waals surface area contributed by atoms with E-state index in [4.69, 9.17) is 0 Å². The Bertz CT molecular complexity index is 692. The van der Waals surface area contributed by atoms with Crippen molar-refractivity contribution in [2.45, 2.75) is 39.2 Å². The molecule has 1 N–H and O–H groups in total. The highest BCUT2D eigenvalue weighted by molar-refractivity contribution is 9.10. The number of hydrogen-bond acceptors (Lipinski definition) is 1. The van der Waals surface area contributed by atoms with Gasteiger partial charge in [0.2, 0.25) is 0 Å². The highest BCUT2D eigenvalue weighted by atomic mass is 79.9. The summed E-state index contributed by atoms with van der Waals surface area (Å²) in [6, 6.07) is 12.3. The van der Waals surface area contributed by atoms with Crippen LogP contribution in [0.15, 0.2) is 51.4 Å². The molecule has 2 aromatic carbocycles. The number of halogens is 2. The molecule has 0 bridgehead atoms. The van der Waals surface area contributed by atoms with Gasteiger partial charge >= 0.3 is 0 Å². The lowest BCUT2D eigenvalue weighted by Crippen LogP contribution is -1.89. The molecule has 0 amide bonds. The van der Waals surface area contributed by atoms with Crippen molar-refractivity contribution < 1.29 is 5.11 Å². The lowest BCUT2D eigenvalue weighted by Gasteiger charge is -2.03. The van der Waals surface area contributed by atoms with Crippen LogP contribution in [0.2, 0.25) is 0 Å². The SMILES string of the molecule is Brc1cccc2c1CC=C2.CC.OC1CCc2c(Br)cccc21. The van der Waals surface area contributed by atoms with Crippen LogP contribution in [0.4, 0.5) is 0 Å². The van der Waals surface area contributed by atoms with Gasteiger partial charge in [0, 0.05) is 8.95 Å². The highest BCUT2D eigenvalue weighted by Gasteiger charge is 2.21. The number of aliphatic hydroxyl groups is 1. The zero-order chi connectivity index (χ0) is 16.8. The van der Waals surface area contributed by atoms with Gasteiger partial charge < -0.3 is 5.11 Å². The van der Waals surface area contributed by atoms with Crippen LogP contribution in [0.3, 0.4) is 0 Å². The predicted molar refractivity (Wildman–Crippen MR) is 106 cm³/mol. The van der Waals surface area contributed by atoms with Crippen LogP contribution >= 0.6 is 31.9 Å². The second kappa shape index (κ2) is 8.81. The Balaban J connectivity index is 0.000000152. The average Bonchev–Trinajstić information content (AvgIpc) is 3.19. The Morgan fingerprint density at radius 2 is 1.61 bits per heavy atom. The Kier molecular flexibility index (Phi) is 7.07. The maximum Gasteiger partial charge on any atom is 0.0796 e. The minimum atomic E-state index is -0.234. The monoisotopic (exact) mass is 436 g/mol. The average molecular weight is 438 g/mol. The van der Waals surface area contributed by atoms with Crippen LogP contribution < -0.4 is 0 Å². The number of fused-ring (bicyclic) bond motifs is 2. The Morgan fingerprint density at radius 3 is 2.26 bits per heavy atom. The van der Waals surface area contributed by atoms with Crippen molar-refractivity contribution in [3.63, 3.8) is 0 Å². The quantitative estimate of drug-likeness (QED) is 0.500. The second-order valence-electron chi connectivity index (χ2n) is 5.28. The molecule has 0 fully saturated rings. The van der Waals surface area contributed by atoms with Gasteiger partial charge in [-0.3, -0.25) is 0 Å². The first-order valence-electron chi connectivity index (χ1n) is 8.06. The van der Waals surface area contributed by atoms with E-state index in [1.807, 2.05) is 32.0 Å². The second-order valence-corrected chi connectivity index (χ2v) is 6.98. The number of allylic oxidation sites excluding steroid dienone is 1. The van der Waals surface area contributed by atoms with Crippen LogP contribution in [0, 0.1) is 0 Å². The van der Waals surface area contributed by atoms with E-state index in [2.05, 4.69) is 62.2 Å². The molecule has 0 saturated heterocycles. The van der Waals surface area contributed by atoms with Crippen LogP contribution in [0.25, 0.3) is 6.08 Å². The fraction of sp³-hybridized carbons (Fsp3) is 0.300. The lowest BCUT2D eigenvalue weighted by atomic mass is 10.1. The summed E-state index contributed by atoms with van der Waals surface area (Å²) in [5.74, 6) is 0. The molecule has 0 aliphatic heterocycles. The van der Waals surface area contributed by atoms with Crippen LogP contribution in [-0.2, 0) is 12.8 Å². The van der Waals surface area contributed by atoms with Gasteiger partial charge in [-0.15, -0.1) is 0 Å². The Hall–Kier alpha value is -0.900. The largest absolute Gasteiger partial charge is 0.388 e. The normalized spacial score (nSPS) is 16.7. The van der Waals surface area contributed by atoms with Gasteiger partial charge in [-0.2, -0.15) is 0 Å². The molecule has 23 heavy (non-hydrogen) atoms. The van der Waals surface area contributed by atoms with Crippen LogP contribution in [-0.4, -0.2) is 5.11 Å².